The second-order valence-corrected chi connectivity index (χ2v) is 7.53. The molecular weight excluding hydrogens is 362 g/mol. The van der Waals surface area contributed by atoms with E-state index in [2.05, 4.69) is 44.8 Å². The topological polar surface area (TPSA) is 67.7 Å². The van der Waals surface area contributed by atoms with Crippen molar-refractivity contribution >= 4 is 22.8 Å². The van der Waals surface area contributed by atoms with Crippen LogP contribution in [-0.4, -0.2) is 38.3 Å². The van der Waals surface area contributed by atoms with Crippen LogP contribution in [0.1, 0.15) is 37.7 Å². The number of hydrogen-bond donors (Lipinski definition) is 2. The number of hydrogen-bond acceptors (Lipinski definition) is 5. The van der Waals surface area contributed by atoms with E-state index in [1.54, 1.807) is 17.9 Å². The Balaban J connectivity index is 1.54. The van der Waals surface area contributed by atoms with Gasteiger partial charge in [-0.3, -0.25) is 4.68 Å². The molecule has 2 heterocycles. The number of anilines is 2. The fraction of sp³-hybridized carbons (Fsp3) is 0.450. The third kappa shape index (κ3) is 3.90. The lowest BCUT2D eigenvalue weighted by atomic mass is 10.0. The summed E-state index contributed by atoms with van der Waals surface area (Å²) >= 11 is 0. The Kier molecular flexibility index (Phi) is 4.87. The number of aromatic nitrogens is 4. The maximum absolute atomic E-state index is 13.6. The molecule has 2 aromatic heterocycles. The first-order chi connectivity index (χ1) is 13.4. The number of nitrogens with zero attached hydrogens (tertiary/aromatic N) is 4. The van der Waals surface area contributed by atoms with Crippen molar-refractivity contribution in [3.8, 4) is 0 Å². The van der Waals surface area contributed by atoms with E-state index in [0.717, 1.165) is 5.39 Å². The van der Waals surface area contributed by atoms with Gasteiger partial charge in [-0.1, -0.05) is 37.3 Å². The summed E-state index contributed by atoms with van der Waals surface area (Å²) in [6.07, 6.45) is 1.83. The third-order valence-electron chi connectivity index (χ3n) is 5.27. The Labute approximate surface area is 162 Å². The first-order valence-corrected chi connectivity index (χ1v) is 9.54. The highest BCUT2D eigenvalue weighted by molar-refractivity contribution is 5.87. The van der Waals surface area contributed by atoms with E-state index in [1.165, 1.54) is 5.56 Å². The lowest BCUT2D eigenvalue weighted by molar-refractivity contribution is 0.00852. The van der Waals surface area contributed by atoms with Gasteiger partial charge in [-0.05, 0) is 17.9 Å². The summed E-state index contributed by atoms with van der Waals surface area (Å²) in [6, 6.07) is 9.90. The molecule has 1 aliphatic rings. The number of benzene rings is 1. The molecule has 2 N–H and O–H groups in total. The predicted molar refractivity (Wildman–Crippen MR) is 106 cm³/mol. The molecule has 2 atom stereocenters. The van der Waals surface area contributed by atoms with Crippen LogP contribution in [0.3, 0.4) is 0 Å². The van der Waals surface area contributed by atoms with Gasteiger partial charge in [-0.25, -0.2) is 8.78 Å². The second-order valence-electron chi connectivity index (χ2n) is 7.53. The third-order valence-corrected chi connectivity index (χ3v) is 5.27. The summed E-state index contributed by atoms with van der Waals surface area (Å²) in [6.45, 7) is 2.79. The van der Waals surface area contributed by atoms with Gasteiger partial charge in [0.1, 0.15) is 5.82 Å². The first-order valence-electron chi connectivity index (χ1n) is 9.54. The van der Waals surface area contributed by atoms with Crippen LogP contribution in [0.25, 0.3) is 11.0 Å². The molecule has 1 saturated carbocycles. The summed E-state index contributed by atoms with van der Waals surface area (Å²) in [7, 11) is 1.80. The van der Waals surface area contributed by atoms with Gasteiger partial charge in [-0.2, -0.15) is 15.1 Å². The normalized spacial score (nSPS) is 19.6. The quantitative estimate of drug-likeness (QED) is 0.665. The van der Waals surface area contributed by atoms with Crippen LogP contribution in [0.4, 0.5) is 20.5 Å². The van der Waals surface area contributed by atoms with Gasteiger partial charge in [-0.15, -0.1) is 0 Å². The van der Waals surface area contributed by atoms with Crippen molar-refractivity contribution in [3.63, 3.8) is 0 Å². The molecule has 0 bridgehead atoms. The minimum atomic E-state index is -2.61. The van der Waals surface area contributed by atoms with Crippen LogP contribution in [-0.2, 0) is 7.05 Å². The summed E-state index contributed by atoms with van der Waals surface area (Å²) in [5.74, 6) is -1.32. The smallest absolute Gasteiger partial charge is 0.250 e. The zero-order valence-electron chi connectivity index (χ0n) is 16.0. The molecule has 6 nitrogen and oxygen atoms in total. The van der Waals surface area contributed by atoms with Gasteiger partial charge in [0.15, 0.2) is 5.65 Å². The number of halogens is 2. The monoisotopic (exact) mass is 386 g/mol. The van der Waals surface area contributed by atoms with Crippen molar-refractivity contribution in [2.75, 3.05) is 17.2 Å². The number of rotatable bonds is 6. The van der Waals surface area contributed by atoms with Crippen LogP contribution in [0, 0.1) is 0 Å². The highest BCUT2D eigenvalue weighted by Gasteiger charge is 2.39. The maximum Gasteiger partial charge on any atom is 0.250 e. The van der Waals surface area contributed by atoms with Crippen LogP contribution >= 0.6 is 0 Å². The van der Waals surface area contributed by atoms with E-state index in [4.69, 9.17) is 0 Å². The van der Waals surface area contributed by atoms with E-state index in [0.29, 0.717) is 30.4 Å². The molecule has 28 heavy (non-hydrogen) atoms. The Hall–Kier alpha value is -2.77. The van der Waals surface area contributed by atoms with E-state index in [1.807, 2.05) is 18.2 Å². The zero-order valence-corrected chi connectivity index (χ0v) is 16.0. The van der Waals surface area contributed by atoms with Crippen molar-refractivity contribution in [3.05, 3.63) is 42.1 Å². The van der Waals surface area contributed by atoms with E-state index >= 15 is 0 Å². The highest BCUT2D eigenvalue weighted by atomic mass is 19.3. The largest absolute Gasteiger partial charge is 0.366 e. The number of fused-ring (bicyclic) bond motifs is 1. The Morgan fingerprint density at radius 3 is 2.75 bits per heavy atom. The van der Waals surface area contributed by atoms with Gasteiger partial charge in [0.25, 0.3) is 0 Å². The van der Waals surface area contributed by atoms with Crippen LogP contribution in [0.5, 0.6) is 0 Å². The van der Waals surface area contributed by atoms with E-state index < -0.39 is 5.92 Å². The minimum absolute atomic E-state index is 0.0916. The summed E-state index contributed by atoms with van der Waals surface area (Å²) < 4.78 is 28.8. The number of alkyl halides is 2. The molecular formula is C20H24F2N6. The summed E-state index contributed by atoms with van der Waals surface area (Å²) in [5.41, 5.74) is 1.89. The fourth-order valence-electron chi connectivity index (χ4n) is 3.62. The molecule has 2 unspecified atom stereocenters. The Morgan fingerprint density at radius 2 is 2.04 bits per heavy atom. The first kappa shape index (κ1) is 18.6. The molecule has 0 radical (unpaired) electrons. The van der Waals surface area contributed by atoms with Gasteiger partial charge in [0.2, 0.25) is 11.9 Å². The SMILES string of the molecule is CC(CNc1nc(NC2CCC(F)(F)C2)c2cnn(C)c2n1)c1ccccc1. The van der Waals surface area contributed by atoms with Crippen molar-refractivity contribution < 1.29 is 8.78 Å². The molecule has 1 aliphatic carbocycles. The lowest BCUT2D eigenvalue weighted by Crippen LogP contribution is -2.20. The Morgan fingerprint density at radius 1 is 1.25 bits per heavy atom. The number of nitrogens with one attached hydrogen (secondary N) is 2. The number of aryl methyl sites for hydroxylation is 1. The highest BCUT2D eigenvalue weighted by Crippen LogP contribution is 2.37. The standard InChI is InChI=1S/C20H24F2N6/c1-13(14-6-4-3-5-7-14)11-23-19-26-17(16-12-24-28(2)18(16)27-19)25-15-8-9-20(21,22)10-15/h3-7,12-13,15H,8-11H2,1-2H3,(H2,23,25,26,27). The molecule has 1 fully saturated rings. The van der Waals surface area contributed by atoms with Crippen LogP contribution in [0.2, 0.25) is 0 Å². The molecule has 4 rings (SSSR count). The van der Waals surface area contributed by atoms with E-state index in [9.17, 15) is 8.78 Å². The molecule has 148 valence electrons. The van der Waals surface area contributed by atoms with Crippen molar-refractivity contribution in [2.45, 2.75) is 44.1 Å². The lowest BCUT2D eigenvalue weighted by Gasteiger charge is -2.16. The predicted octanol–water partition coefficient (Wildman–Crippen LogP) is 4.18. The molecule has 0 aliphatic heterocycles. The average Bonchev–Trinajstić information content (AvgIpc) is 3.22. The van der Waals surface area contributed by atoms with Crippen molar-refractivity contribution in [1.82, 2.24) is 19.7 Å². The van der Waals surface area contributed by atoms with Crippen molar-refractivity contribution in [2.24, 2.45) is 7.05 Å². The van der Waals surface area contributed by atoms with Crippen LogP contribution < -0.4 is 10.6 Å². The minimum Gasteiger partial charge on any atom is -0.366 e. The molecule has 0 spiro atoms. The van der Waals surface area contributed by atoms with Crippen LogP contribution in [0.15, 0.2) is 36.5 Å². The maximum atomic E-state index is 13.6. The summed E-state index contributed by atoms with van der Waals surface area (Å²) in [4.78, 5) is 9.11. The van der Waals surface area contributed by atoms with Crippen molar-refractivity contribution in [1.29, 1.82) is 0 Å². The molecule has 1 aromatic carbocycles. The molecule has 0 saturated heterocycles. The second kappa shape index (κ2) is 7.33. The Bertz CT molecular complexity index is 956. The molecule has 8 heteroatoms. The van der Waals surface area contributed by atoms with Gasteiger partial charge >= 0.3 is 0 Å². The van der Waals surface area contributed by atoms with Gasteiger partial charge in [0, 0.05) is 32.5 Å². The summed E-state index contributed by atoms with van der Waals surface area (Å²) in [5, 5.41) is 11.4. The molecule has 0 amide bonds. The fourth-order valence-corrected chi connectivity index (χ4v) is 3.62. The van der Waals surface area contributed by atoms with Gasteiger partial charge in [0.05, 0.1) is 11.6 Å². The van der Waals surface area contributed by atoms with Gasteiger partial charge < -0.3 is 10.6 Å². The molecule has 3 aromatic rings. The van der Waals surface area contributed by atoms with E-state index in [-0.39, 0.29) is 24.8 Å². The zero-order chi connectivity index (χ0) is 19.7. The average molecular weight is 386 g/mol.